The van der Waals surface area contributed by atoms with Gasteiger partial charge in [-0.05, 0) is 37.1 Å². The van der Waals surface area contributed by atoms with Crippen molar-refractivity contribution in [3.05, 3.63) is 47.1 Å². The fourth-order valence-corrected chi connectivity index (χ4v) is 3.27. The predicted octanol–water partition coefficient (Wildman–Crippen LogP) is 1.37. The topological polar surface area (TPSA) is 85.0 Å². The molecule has 1 aliphatic heterocycles. The summed E-state index contributed by atoms with van der Waals surface area (Å²) in [6.45, 7) is 2.07. The van der Waals surface area contributed by atoms with Crippen LogP contribution in [0.2, 0.25) is 0 Å². The highest BCUT2D eigenvalue weighted by Crippen LogP contribution is 2.22. The monoisotopic (exact) mass is 352 g/mol. The predicted molar refractivity (Wildman–Crippen MR) is 99.3 cm³/mol. The summed E-state index contributed by atoms with van der Waals surface area (Å²) in [4.78, 5) is 31.2. The van der Waals surface area contributed by atoms with Crippen molar-refractivity contribution < 1.29 is 4.79 Å². The normalized spacial score (nSPS) is 14.1. The second-order valence-corrected chi connectivity index (χ2v) is 6.47. The highest BCUT2D eigenvalue weighted by atomic mass is 16.2. The number of aryl methyl sites for hydroxylation is 1. The summed E-state index contributed by atoms with van der Waals surface area (Å²) < 4.78 is 2.82. The largest absolute Gasteiger partial charge is 0.372 e. The Morgan fingerprint density at radius 1 is 1.19 bits per heavy atom. The van der Waals surface area contributed by atoms with Crippen LogP contribution >= 0.6 is 0 Å². The second-order valence-electron chi connectivity index (χ2n) is 6.47. The lowest BCUT2D eigenvalue weighted by atomic mass is 10.2. The molecule has 4 rings (SSSR count). The molecule has 0 saturated carbocycles. The average molecular weight is 352 g/mol. The maximum Gasteiger partial charge on any atom is 0.264 e. The number of fused-ring (bicyclic) bond motifs is 1. The number of nitrogens with one attached hydrogen (secondary N) is 1. The lowest BCUT2D eigenvalue weighted by molar-refractivity contribution is -0.116. The maximum absolute atomic E-state index is 12.4. The van der Waals surface area contributed by atoms with Gasteiger partial charge in [0.1, 0.15) is 18.3 Å². The van der Waals surface area contributed by atoms with E-state index < -0.39 is 0 Å². The Bertz CT molecular complexity index is 999. The third-order valence-electron chi connectivity index (χ3n) is 4.65. The van der Waals surface area contributed by atoms with E-state index in [1.54, 1.807) is 7.05 Å². The molecule has 1 saturated heterocycles. The number of amides is 1. The molecule has 0 bridgehead atoms. The van der Waals surface area contributed by atoms with E-state index >= 15 is 0 Å². The molecule has 3 aromatic rings. The van der Waals surface area contributed by atoms with Crippen molar-refractivity contribution in [2.75, 3.05) is 23.3 Å². The fraction of sp³-hybridized carbons (Fsp3) is 0.333. The molecule has 0 atom stereocenters. The summed E-state index contributed by atoms with van der Waals surface area (Å²) in [5, 5.41) is 7.25. The molecular formula is C18H20N6O2. The lowest BCUT2D eigenvalue weighted by Gasteiger charge is -2.17. The van der Waals surface area contributed by atoms with Gasteiger partial charge in [-0.2, -0.15) is 5.10 Å². The zero-order chi connectivity index (χ0) is 18.1. The summed E-state index contributed by atoms with van der Waals surface area (Å²) >= 11 is 0. The van der Waals surface area contributed by atoms with Gasteiger partial charge in [-0.1, -0.05) is 0 Å². The minimum absolute atomic E-state index is 0.0927. The van der Waals surface area contributed by atoms with Crippen LogP contribution in [-0.2, 0) is 18.4 Å². The van der Waals surface area contributed by atoms with Crippen LogP contribution in [0.15, 0.2) is 41.6 Å². The zero-order valence-electron chi connectivity index (χ0n) is 14.6. The maximum atomic E-state index is 12.4. The first-order valence-corrected chi connectivity index (χ1v) is 8.64. The van der Waals surface area contributed by atoms with Gasteiger partial charge in [-0.3, -0.25) is 18.8 Å². The van der Waals surface area contributed by atoms with Crippen molar-refractivity contribution >= 4 is 28.3 Å². The molecule has 0 spiro atoms. The molecule has 1 fully saturated rings. The number of carbonyl (C=O) groups excluding carboxylic acids is 1. The molecule has 0 unspecified atom stereocenters. The van der Waals surface area contributed by atoms with Crippen LogP contribution in [-0.4, -0.2) is 38.3 Å². The van der Waals surface area contributed by atoms with Gasteiger partial charge >= 0.3 is 0 Å². The Labute approximate surface area is 150 Å². The number of nitrogens with zero attached hydrogens (tertiary/aromatic N) is 5. The van der Waals surface area contributed by atoms with Crippen LogP contribution in [0.25, 0.3) is 11.0 Å². The Morgan fingerprint density at radius 3 is 2.65 bits per heavy atom. The number of hydrogen-bond donors (Lipinski definition) is 1. The van der Waals surface area contributed by atoms with Crippen molar-refractivity contribution in [2.45, 2.75) is 19.4 Å². The molecule has 0 radical (unpaired) electrons. The quantitative estimate of drug-likeness (QED) is 0.766. The standard InChI is InChI=1S/C18H20N6O2/c1-22-17-15(10-20-22)18(26)24(12-19-17)11-16(25)21-13-4-6-14(7-5-13)23-8-2-3-9-23/h4-7,10,12H,2-3,8-9,11H2,1H3,(H,21,25). The van der Waals surface area contributed by atoms with Crippen LogP contribution < -0.4 is 15.8 Å². The molecule has 26 heavy (non-hydrogen) atoms. The molecule has 2 aromatic heterocycles. The number of aromatic nitrogens is 4. The van der Waals surface area contributed by atoms with E-state index in [9.17, 15) is 9.59 Å². The first-order valence-electron chi connectivity index (χ1n) is 8.64. The minimum atomic E-state index is -0.275. The Hall–Kier alpha value is -3.16. The number of carbonyl (C=O) groups is 1. The van der Waals surface area contributed by atoms with Crippen LogP contribution in [0.3, 0.4) is 0 Å². The van der Waals surface area contributed by atoms with Crippen molar-refractivity contribution in [1.29, 1.82) is 0 Å². The SMILES string of the molecule is Cn1ncc2c(=O)n(CC(=O)Nc3ccc(N4CCCC4)cc3)cnc21. The van der Waals surface area contributed by atoms with Crippen molar-refractivity contribution in [1.82, 2.24) is 19.3 Å². The minimum Gasteiger partial charge on any atom is -0.372 e. The van der Waals surface area contributed by atoms with Crippen molar-refractivity contribution in [3.63, 3.8) is 0 Å². The summed E-state index contributed by atoms with van der Waals surface area (Å²) in [5.41, 5.74) is 2.11. The summed E-state index contributed by atoms with van der Waals surface area (Å²) in [7, 11) is 1.72. The van der Waals surface area contributed by atoms with Crippen LogP contribution in [0.4, 0.5) is 11.4 Å². The average Bonchev–Trinajstić information content (AvgIpc) is 3.29. The number of hydrogen-bond acceptors (Lipinski definition) is 5. The van der Waals surface area contributed by atoms with Gasteiger partial charge in [-0.25, -0.2) is 4.98 Å². The van der Waals surface area contributed by atoms with E-state index in [-0.39, 0.29) is 18.0 Å². The van der Waals surface area contributed by atoms with Crippen LogP contribution in [0.5, 0.6) is 0 Å². The molecule has 8 heteroatoms. The third kappa shape index (κ3) is 3.05. The lowest BCUT2D eigenvalue weighted by Crippen LogP contribution is -2.27. The summed E-state index contributed by atoms with van der Waals surface area (Å²) in [6.07, 6.45) is 5.30. The molecule has 1 aromatic carbocycles. The van der Waals surface area contributed by atoms with E-state index in [1.807, 2.05) is 24.3 Å². The highest BCUT2D eigenvalue weighted by molar-refractivity contribution is 5.90. The van der Waals surface area contributed by atoms with E-state index in [0.717, 1.165) is 13.1 Å². The number of anilines is 2. The number of benzene rings is 1. The molecule has 1 amide bonds. The third-order valence-corrected chi connectivity index (χ3v) is 4.65. The molecule has 0 aliphatic carbocycles. The van der Waals surface area contributed by atoms with E-state index in [0.29, 0.717) is 16.7 Å². The zero-order valence-corrected chi connectivity index (χ0v) is 14.6. The first-order chi connectivity index (χ1) is 12.6. The molecule has 8 nitrogen and oxygen atoms in total. The van der Waals surface area contributed by atoms with Crippen molar-refractivity contribution in [3.8, 4) is 0 Å². The Morgan fingerprint density at radius 2 is 1.92 bits per heavy atom. The molecule has 3 heterocycles. The van der Waals surface area contributed by atoms with Gasteiger partial charge in [0.25, 0.3) is 5.56 Å². The highest BCUT2D eigenvalue weighted by Gasteiger charge is 2.13. The second kappa shape index (κ2) is 6.62. The molecular weight excluding hydrogens is 332 g/mol. The molecule has 1 N–H and O–H groups in total. The van der Waals surface area contributed by atoms with Crippen LogP contribution in [0, 0.1) is 0 Å². The summed E-state index contributed by atoms with van der Waals surface area (Å²) in [6, 6.07) is 7.79. The number of rotatable bonds is 4. The Kier molecular flexibility index (Phi) is 4.16. The van der Waals surface area contributed by atoms with Crippen LogP contribution in [0.1, 0.15) is 12.8 Å². The van der Waals surface area contributed by atoms with Gasteiger partial charge in [-0.15, -0.1) is 0 Å². The van der Waals surface area contributed by atoms with E-state index in [2.05, 4.69) is 20.3 Å². The van der Waals surface area contributed by atoms with Gasteiger partial charge in [0, 0.05) is 31.5 Å². The van der Waals surface area contributed by atoms with E-state index in [4.69, 9.17) is 0 Å². The van der Waals surface area contributed by atoms with Crippen molar-refractivity contribution in [2.24, 2.45) is 7.05 Å². The summed E-state index contributed by atoms with van der Waals surface area (Å²) in [5.74, 6) is -0.272. The fourth-order valence-electron chi connectivity index (χ4n) is 3.27. The Balaban J connectivity index is 1.45. The smallest absolute Gasteiger partial charge is 0.264 e. The van der Waals surface area contributed by atoms with Gasteiger partial charge in [0.2, 0.25) is 5.91 Å². The van der Waals surface area contributed by atoms with E-state index in [1.165, 1.54) is 40.3 Å². The van der Waals surface area contributed by atoms with Gasteiger partial charge in [0.05, 0.1) is 6.20 Å². The molecule has 1 aliphatic rings. The molecule has 134 valence electrons. The van der Waals surface area contributed by atoms with Gasteiger partial charge in [0.15, 0.2) is 5.65 Å². The van der Waals surface area contributed by atoms with Gasteiger partial charge < -0.3 is 10.2 Å². The first kappa shape index (κ1) is 16.3.